The zero-order valence-electron chi connectivity index (χ0n) is 14.9. The minimum atomic E-state index is -0.856. The van der Waals surface area contributed by atoms with Crippen molar-refractivity contribution in [3.63, 3.8) is 0 Å². The fourth-order valence-electron chi connectivity index (χ4n) is 2.33. The average Bonchev–Trinajstić information content (AvgIpc) is 2.66. The summed E-state index contributed by atoms with van der Waals surface area (Å²) >= 11 is 6.52. The maximum Gasteiger partial charge on any atom is 0.307 e. The van der Waals surface area contributed by atoms with E-state index in [0.717, 1.165) is 12.1 Å². The number of amides is 1. The first-order valence-corrected chi connectivity index (χ1v) is 10.2. The van der Waals surface area contributed by atoms with Crippen LogP contribution in [-0.4, -0.2) is 59.1 Å². The molecule has 1 N–H and O–H groups in total. The Kier molecular flexibility index (Phi) is 9.79. The standard InChI is InChI=1S/C15H18Br2N4O7/c1-28-14(22)2-5-18-15(23)10-8-12(19(6-3-16)7-4-17)13(21(26)27)9-11(10)20(24)25/h8-9H,2-7H2,1H3,(H,18,23). The quantitative estimate of drug-likeness (QED) is 0.200. The number of carbonyl (C=O) groups excluding carboxylic acids is 2. The van der Waals surface area contributed by atoms with Gasteiger partial charge in [0.25, 0.3) is 17.3 Å². The molecule has 0 atom stereocenters. The lowest BCUT2D eigenvalue weighted by atomic mass is 10.1. The lowest BCUT2D eigenvalue weighted by molar-refractivity contribution is -0.393. The van der Waals surface area contributed by atoms with Gasteiger partial charge >= 0.3 is 5.97 Å². The second kappa shape index (κ2) is 11.5. The number of alkyl halides is 2. The van der Waals surface area contributed by atoms with Gasteiger partial charge in [0.2, 0.25) is 0 Å². The number of nitrogens with one attached hydrogen (secondary N) is 1. The summed E-state index contributed by atoms with van der Waals surface area (Å²) in [7, 11) is 1.19. The van der Waals surface area contributed by atoms with Crippen molar-refractivity contribution in [2.75, 3.05) is 42.3 Å². The Labute approximate surface area is 177 Å². The summed E-state index contributed by atoms with van der Waals surface area (Å²) in [6.45, 7) is 0.669. The number of esters is 1. The molecule has 0 radical (unpaired) electrons. The predicted octanol–water partition coefficient (Wildman–Crippen LogP) is 2.39. The molecule has 1 aromatic carbocycles. The molecule has 0 unspecified atom stereocenters. The van der Waals surface area contributed by atoms with Gasteiger partial charge in [0.05, 0.1) is 29.4 Å². The molecular weight excluding hydrogens is 508 g/mol. The van der Waals surface area contributed by atoms with Crippen molar-refractivity contribution in [2.45, 2.75) is 6.42 Å². The second-order valence-corrected chi connectivity index (χ2v) is 6.91. The van der Waals surface area contributed by atoms with Gasteiger partial charge < -0.3 is 15.0 Å². The minimum absolute atomic E-state index is 0.0904. The van der Waals surface area contributed by atoms with E-state index in [1.807, 2.05) is 0 Å². The van der Waals surface area contributed by atoms with Gasteiger partial charge in [0.1, 0.15) is 11.3 Å². The van der Waals surface area contributed by atoms with Crippen LogP contribution in [0.15, 0.2) is 12.1 Å². The van der Waals surface area contributed by atoms with Crippen molar-refractivity contribution in [3.8, 4) is 0 Å². The van der Waals surface area contributed by atoms with E-state index in [2.05, 4.69) is 41.9 Å². The van der Waals surface area contributed by atoms with Gasteiger partial charge in [-0.05, 0) is 6.07 Å². The van der Waals surface area contributed by atoms with Crippen molar-refractivity contribution in [2.24, 2.45) is 0 Å². The minimum Gasteiger partial charge on any atom is -0.469 e. The Morgan fingerprint density at radius 1 is 1.11 bits per heavy atom. The van der Waals surface area contributed by atoms with E-state index in [1.54, 1.807) is 4.90 Å². The summed E-state index contributed by atoms with van der Waals surface area (Å²) in [6.07, 6.45) is -0.116. The van der Waals surface area contributed by atoms with Gasteiger partial charge in [-0.15, -0.1) is 0 Å². The van der Waals surface area contributed by atoms with Crippen molar-refractivity contribution in [3.05, 3.63) is 37.9 Å². The first-order valence-electron chi connectivity index (χ1n) is 7.95. The summed E-state index contributed by atoms with van der Waals surface area (Å²) in [4.78, 5) is 46.4. The SMILES string of the molecule is COC(=O)CCNC(=O)c1cc(N(CCBr)CCBr)c([N+](=O)[O-])cc1[N+](=O)[O-]. The van der Waals surface area contributed by atoms with Gasteiger partial charge in [-0.25, -0.2) is 0 Å². The van der Waals surface area contributed by atoms with Crippen LogP contribution in [0.4, 0.5) is 17.1 Å². The molecule has 0 aliphatic carbocycles. The van der Waals surface area contributed by atoms with Crippen molar-refractivity contribution >= 4 is 60.8 Å². The zero-order valence-corrected chi connectivity index (χ0v) is 18.0. The molecule has 11 nitrogen and oxygen atoms in total. The number of ether oxygens (including phenoxy) is 1. The van der Waals surface area contributed by atoms with Crippen LogP contribution in [0, 0.1) is 20.2 Å². The molecule has 1 rings (SSSR count). The van der Waals surface area contributed by atoms with Crippen molar-refractivity contribution < 1.29 is 24.2 Å². The molecule has 13 heteroatoms. The Morgan fingerprint density at radius 2 is 1.68 bits per heavy atom. The van der Waals surface area contributed by atoms with E-state index < -0.39 is 33.1 Å². The number of methoxy groups -OCH3 is 1. The van der Waals surface area contributed by atoms with Crippen molar-refractivity contribution in [1.82, 2.24) is 5.32 Å². The summed E-state index contributed by atoms with van der Waals surface area (Å²) in [5, 5.41) is 26.2. The predicted molar refractivity (Wildman–Crippen MR) is 109 cm³/mol. The Balaban J connectivity index is 3.38. The molecule has 154 valence electrons. The number of nitrogens with zero attached hydrogens (tertiary/aromatic N) is 3. The number of hydrogen-bond acceptors (Lipinski definition) is 8. The largest absolute Gasteiger partial charge is 0.469 e. The molecular formula is C15H18Br2N4O7. The number of nitro groups is 2. The molecule has 0 aliphatic heterocycles. The number of halogens is 2. The van der Waals surface area contributed by atoms with E-state index in [-0.39, 0.29) is 24.2 Å². The van der Waals surface area contributed by atoms with E-state index in [9.17, 15) is 29.8 Å². The molecule has 0 fully saturated rings. The maximum absolute atomic E-state index is 12.4. The molecule has 0 heterocycles. The molecule has 0 bridgehead atoms. The monoisotopic (exact) mass is 524 g/mol. The number of hydrogen-bond donors (Lipinski definition) is 1. The van der Waals surface area contributed by atoms with Crippen LogP contribution < -0.4 is 10.2 Å². The second-order valence-electron chi connectivity index (χ2n) is 5.32. The molecule has 1 aromatic rings. The van der Waals surface area contributed by atoms with E-state index in [0.29, 0.717) is 23.7 Å². The van der Waals surface area contributed by atoms with Gasteiger partial charge in [0, 0.05) is 30.3 Å². The van der Waals surface area contributed by atoms with Crippen LogP contribution in [0.1, 0.15) is 16.8 Å². The normalized spacial score (nSPS) is 10.2. The molecule has 28 heavy (non-hydrogen) atoms. The first-order chi connectivity index (χ1) is 13.3. The lowest BCUT2D eigenvalue weighted by Gasteiger charge is -2.23. The summed E-state index contributed by atoms with van der Waals surface area (Å²) in [5.41, 5.74) is -1.40. The van der Waals surface area contributed by atoms with E-state index in [1.165, 1.54) is 7.11 Å². The third-order valence-corrected chi connectivity index (χ3v) is 4.33. The molecule has 0 saturated carbocycles. The Morgan fingerprint density at radius 3 is 2.14 bits per heavy atom. The van der Waals surface area contributed by atoms with Crippen LogP contribution in [0.2, 0.25) is 0 Å². The molecule has 0 spiro atoms. The first kappa shape index (κ1) is 23.8. The van der Waals surface area contributed by atoms with Crippen LogP contribution >= 0.6 is 31.9 Å². The molecule has 0 aromatic heterocycles. The number of anilines is 1. The van der Waals surface area contributed by atoms with Crippen LogP contribution in [0.5, 0.6) is 0 Å². The summed E-state index contributed by atoms with van der Waals surface area (Å²) < 4.78 is 4.46. The highest BCUT2D eigenvalue weighted by atomic mass is 79.9. The number of carbonyl (C=O) groups is 2. The fourth-order valence-corrected chi connectivity index (χ4v) is 3.19. The van der Waals surface area contributed by atoms with Gasteiger partial charge in [-0.2, -0.15) is 0 Å². The maximum atomic E-state index is 12.4. The lowest BCUT2D eigenvalue weighted by Crippen LogP contribution is -2.30. The fraction of sp³-hybridized carbons (Fsp3) is 0.467. The van der Waals surface area contributed by atoms with Gasteiger partial charge in [-0.1, -0.05) is 31.9 Å². The van der Waals surface area contributed by atoms with Gasteiger partial charge in [0.15, 0.2) is 0 Å². The average molecular weight is 526 g/mol. The summed E-state index contributed by atoms with van der Waals surface area (Å²) in [5.74, 6) is -1.37. The number of benzene rings is 1. The topological polar surface area (TPSA) is 145 Å². The van der Waals surface area contributed by atoms with Crippen LogP contribution in [-0.2, 0) is 9.53 Å². The highest BCUT2D eigenvalue weighted by Gasteiger charge is 2.30. The van der Waals surface area contributed by atoms with Gasteiger partial charge in [-0.3, -0.25) is 29.8 Å². The zero-order chi connectivity index (χ0) is 21.3. The Bertz CT molecular complexity index is 754. The van der Waals surface area contributed by atoms with E-state index in [4.69, 9.17) is 0 Å². The Hall–Kier alpha value is -2.28. The highest BCUT2D eigenvalue weighted by Crippen LogP contribution is 2.35. The molecule has 0 saturated heterocycles. The molecule has 1 amide bonds. The van der Waals surface area contributed by atoms with Crippen molar-refractivity contribution in [1.29, 1.82) is 0 Å². The smallest absolute Gasteiger partial charge is 0.307 e. The van der Waals surface area contributed by atoms with Crippen LogP contribution in [0.3, 0.4) is 0 Å². The third kappa shape index (κ3) is 6.41. The third-order valence-electron chi connectivity index (χ3n) is 3.62. The highest BCUT2D eigenvalue weighted by molar-refractivity contribution is 9.09. The molecule has 0 aliphatic rings. The number of nitro benzene ring substituents is 2. The van der Waals surface area contributed by atoms with E-state index >= 15 is 0 Å². The van der Waals surface area contributed by atoms with Crippen LogP contribution in [0.25, 0.3) is 0 Å². The number of rotatable bonds is 11. The summed E-state index contributed by atoms with van der Waals surface area (Å²) in [6, 6.07) is 1.91.